The number of hydrogen-bond donors (Lipinski definition) is 2. The quantitative estimate of drug-likeness (QED) is 0.907. The summed E-state index contributed by atoms with van der Waals surface area (Å²) < 4.78 is 13.1. The van der Waals surface area contributed by atoms with Crippen LogP contribution in [0.25, 0.3) is 0 Å². The molecular formula is C13H11ClFN3O. The van der Waals surface area contributed by atoms with Crippen molar-refractivity contribution in [2.75, 3.05) is 5.32 Å². The molecular weight excluding hydrogens is 269 g/mol. The first-order chi connectivity index (χ1) is 9.10. The summed E-state index contributed by atoms with van der Waals surface area (Å²) in [5, 5.41) is 2.81. The molecule has 0 spiro atoms. The molecule has 0 aliphatic carbocycles. The molecule has 0 aliphatic heterocycles. The van der Waals surface area contributed by atoms with Gasteiger partial charge in [-0.15, -0.1) is 0 Å². The Hall–Kier alpha value is -1.98. The second-order valence-electron chi connectivity index (χ2n) is 3.82. The summed E-state index contributed by atoms with van der Waals surface area (Å²) in [6.45, 7) is 0.238. The zero-order valence-corrected chi connectivity index (χ0v) is 10.6. The molecule has 0 radical (unpaired) electrons. The number of halogens is 2. The van der Waals surface area contributed by atoms with Crippen LogP contribution < -0.4 is 11.1 Å². The van der Waals surface area contributed by atoms with Gasteiger partial charge in [0.2, 0.25) is 0 Å². The van der Waals surface area contributed by atoms with Gasteiger partial charge >= 0.3 is 0 Å². The summed E-state index contributed by atoms with van der Waals surface area (Å²) in [6, 6.07) is 6.87. The number of nitrogens with two attached hydrogens (primary N) is 1. The first kappa shape index (κ1) is 13.5. The number of nitrogens with zero attached hydrogens (tertiary/aromatic N) is 1. The third-order valence-electron chi connectivity index (χ3n) is 2.46. The lowest BCUT2D eigenvalue weighted by atomic mass is 10.2. The molecule has 1 aromatic carbocycles. The summed E-state index contributed by atoms with van der Waals surface area (Å²) in [4.78, 5) is 16.0. The third kappa shape index (κ3) is 3.27. The zero-order chi connectivity index (χ0) is 13.8. The van der Waals surface area contributed by atoms with Gasteiger partial charge in [-0.25, -0.2) is 4.39 Å². The van der Waals surface area contributed by atoms with E-state index in [1.165, 1.54) is 18.3 Å². The number of pyridine rings is 1. The van der Waals surface area contributed by atoms with Gasteiger partial charge in [0.1, 0.15) is 5.82 Å². The van der Waals surface area contributed by atoms with Crippen LogP contribution in [-0.2, 0) is 6.54 Å². The Bertz CT molecular complexity index is 619. The van der Waals surface area contributed by atoms with Crippen molar-refractivity contribution in [3.05, 3.63) is 58.6 Å². The Morgan fingerprint density at radius 1 is 1.37 bits per heavy atom. The Labute approximate surface area is 114 Å². The predicted molar refractivity (Wildman–Crippen MR) is 71.5 cm³/mol. The normalized spacial score (nSPS) is 10.3. The maximum Gasteiger partial charge on any atom is 0.255 e. The standard InChI is InChI=1S/C13H11ClFN3O/c14-11-2-1-9(15)6-12(11)18-13(19)8-3-4-17-10(5-8)7-16/h1-6H,7,16H2,(H,18,19). The van der Waals surface area contributed by atoms with Crippen LogP contribution in [0.1, 0.15) is 16.1 Å². The molecule has 0 saturated heterocycles. The average molecular weight is 280 g/mol. The van der Waals surface area contributed by atoms with Crippen molar-refractivity contribution in [1.82, 2.24) is 4.98 Å². The topological polar surface area (TPSA) is 68.0 Å². The van der Waals surface area contributed by atoms with Gasteiger partial charge in [0, 0.05) is 18.3 Å². The molecule has 0 aliphatic rings. The molecule has 0 fully saturated rings. The molecule has 1 heterocycles. The number of nitrogens with one attached hydrogen (secondary N) is 1. The Kier molecular flexibility index (Phi) is 4.09. The van der Waals surface area contributed by atoms with Crippen LogP contribution in [0, 0.1) is 5.82 Å². The van der Waals surface area contributed by atoms with E-state index in [4.69, 9.17) is 17.3 Å². The molecule has 2 rings (SSSR count). The molecule has 2 aromatic rings. The highest BCUT2D eigenvalue weighted by Gasteiger charge is 2.10. The molecule has 19 heavy (non-hydrogen) atoms. The second kappa shape index (κ2) is 5.77. The number of carbonyl (C=O) groups excluding carboxylic acids is 1. The lowest BCUT2D eigenvalue weighted by molar-refractivity contribution is 0.102. The monoisotopic (exact) mass is 279 g/mol. The maximum absolute atomic E-state index is 13.1. The fraction of sp³-hybridized carbons (Fsp3) is 0.0769. The molecule has 0 unspecified atom stereocenters. The van der Waals surface area contributed by atoms with Crippen LogP contribution >= 0.6 is 11.6 Å². The van der Waals surface area contributed by atoms with E-state index in [0.717, 1.165) is 6.07 Å². The summed E-state index contributed by atoms with van der Waals surface area (Å²) in [5.74, 6) is -0.873. The van der Waals surface area contributed by atoms with Crippen molar-refractivity contribution in [1.29, 1.82) is 0 Å². The number of aromatic nitrogens is 1. The predicted octanol–water partition coefficient (Wildman–Crippen LogP) is 2.59. The van der Waals surface area contributed by atoms with E-state index in [9.17, 15) is 9.18 Å². The smallest absolute Gasteiger partial charge is 0.255 e. The summed E-state index contributed by atoms with van der Waals surface area (Å²) in [6.07, 6.45) is 1.49. The van der Waals surface area contributed by atoms with Gasteiger partial charge in [-0.3, -0.25) is 9.78 Å². The number of carbonyl (C=O) groups is 1. The minimum atomic E-state index is -0.475. The number of hydrogen-bond acceptors (Lipinski definition) is 3. The highest BCUT2D eigenvalue weighted by Crippen LogP contribution is 2.23. The molecule has 3 N–H and O–H groups in total. The van der Waals surface area contributed by atoms with Gasteiger partial charge in [-0.05, 0) is 30.3 Å². The van der Waals surface area contributed by atoms with Gasteiger partial charge < -0.3 is 11.1 Å². The van der Waals surface area contributed by atoms with Crippen LogP contribution in [0.4, 0.5) is 10.1 Å². The molecule has 0 bridgehead atoms. The van der Waals surface area contributed by atoms with Crippen molar-refractivity contribution in [3.63, 3.8) is 0 Å². The fourth-order valence-electron chi connectivity index (χ4n) is 1.52. The third-order valence-corrected chi connectivity index (χ3v) is 2.79. The molecule has 6 heteroatoms. The molecule has 1 aromatic heterocycles. The van der Waals surface area contributed by atoms with E-state index in [-0.39, 0.29) is 17.3 Å². The second-order valence-corrected chi connectivity index (χ2v) is 4.23. The van der Waals surface area contributed by atoms with Crippen molar-refractivity contribution in [2.45, 2.75) is 6.54 Å². The van der Waals surface area contributed by atoms with E-state index in [0.29, 0.717) is 11.3 Å². The van der Waals surface area contributed by atoms with E-state index in [1.54, 1.807) is 12.1 Å². The highest BCUT2D eigenvalue weighted by molar-refractivity contribution is 6.33. The van der Waals surface area contributed by atoms with Crippen LogP contribution in [-0.4, -0.2) is 10.9 Å². The molecule has 98 valence electrons. The van der Waals surface area contributed by atoms with Gasteiger partial charge in [0.05, 0.1) is 16.4 Å². The molecule has 1 amide bonds. The SMILES string of the molecule is NCc1cc(C(=O)Nc2cc(F)ccc2Cl)ccn1. The lowest BCUT2D eigenvalue weighted by Crippen LogP contribution is -2.13. The first-order valence-electron chi connectivity index (χ1n) is 5.51. The van der Waals surface area contributed by atoms with Gasteiger partial charge in [0.25, 0.3) is 5.91 Å². The van der Waals surface area contributed by atoms with Gasteiger partial charge in [-0.2, -0.15) is 0 Å². The van der Waals surface area contributed by atoms with Crippen molar-refractivity contribution in [2.24, 2.45) is 5.73 Å². The molecule has 0 atom stereocenters. The maximum atomic E-state index is 13.1. The minimum absolute atomic E-state index is 0.220. The van der Waals surface area contributed by atoms with E-state index in [1.807, 2.05) is 0 Å². The summed E-state index contributed by atoms with van der Waals surface area (Å²) in [5.41, 5.74) is 6.65. The van der Waals surface area contributed by atoms with Crippen LogP contribution in [0.3, 0.4) is 0 Å². The first-order valence-corrected chi connectivity index (χ1v) is 5.89. The summed E-state index contributed by atoms with van der Waals surface area (Å²) in [7, 11) is 0. The van der Waals surface area contributed by atoms with Crippen molar-refractivity contribution >= 4 is 23.2 Å². The number of anilines is 1. The fourth-order valence-corrected chi connectivity index (χ4v) is 1.68. The largest absolute Gasteiger partial charge is 0.325 e. The Balaban J connectivity index is 2.22. The Morgan fingerprint density at radius 3 is 2.89 bits per heavy atom. The van der Waals surface area contributed by atoms with Crippen molar-refractivity contribution < 1.29 is 9.18 Å². The van der Waals surface area contributed by atoms with E-state index >= 15 is 0 Å². The number of amides is 1. The van der Waals surface area contributed by atoms with E-state index < -0.39 is 11.7 Å². The zero-order valence-electron chi connectivity index (χ0n) is 9.86. The van der Waals surface area contributed by atoms with Gasteiger partial charge in [-0.1, -0.05) is 11.6 Å². The highest BCUT2D eigenvalue weighted by atomic mass is 35.5. The van der Waals surface area contributed by atoms with Crippen molar-refractivity contribution in [3.8, 4) is 0 Å². The average Bonchev–Trinajstić information content (AvgIpc) is 2.43. The van der Waals surface area contributed by atoms with Crippen LogP contribution in [0.5, 0.6) is 0 Å². The summed E-state index contributed by atoms with van der Waals surface area (Å²) >= 11 is 5.87. The van der Waals surface area contributed by atoms with E-state index in [2.05, 4.69) is 10.3 Å². The molecule has 4 nitrogen and oxygen atoms in total. The number of rotatable bonds is 3. The minimum Gasteiger partial charge on any atom is -0.325 e. The Morgan fingerprint density at radius 2 is 2.16 bits per heavy atom. The molecule has 0 saturated carbocycles. The lowest BCUT2D eigenvalue weighted by Gasteiger charge is -2.08. The number of benzene rings is 1. The van der Waals surface area contributed by atoms with Crippen LogP contribution in [0.15, 0.2) is 36.5 Å². The van der Waals surface area contributed by atoms with Gasteiger partial charge in [0.15, 0.2) is 0 Å². The van der Waals surface area contributed by atoms with Crippen LogP contribution in [0.2, 0.25) is 5.02 Å².